The Labute approximate surface area is 88.8 Å². The summed E-state index contributed by atoms with van der Waals surface area (Å²) in [5.74, 6) is 1.55. The van der Waals surface area contributed by atoms with Gasteiger partial charge in [0.05, 0.1) is 0 Å². The summed E-state index contributed by atoms with van der Waals surface area (Å²) in [6.45, 7) is 8.89. The summed E-state index contributed by atoms with van der Waals surface area (Å²) in [6, 6.07) is 0. The van der Waals surface area contributed by atoms with Gasteiger partial charge in [-0.3, -0.25) is 4.90 Å². The number of nitrogens with two attached hydrogens (primary N) is 1. The zero-order valence-corrected chi connectivity index (χ0v) is 10.2. The zero-order chi connectivity index (χ0) is 10.8. The van der Waals surface area contributed by atoms with Crippen LogP contribution in [0.5, 0.6) is 0 Å². The highest BCUT2D eigenvalue weighted by molar-refractivity contribution is 4.99. The molecule has 0 spiro atoms. The summed E-state index contributed by atoms with van der Waals surface area (Å²) in [7, 11) is 2.22. The van der Waals surface area contributed by atoms with Gasteiger partial charge in [0, 0.05) is 12.1 Å². The molecule has 2 nitrogen and oxygen atoms in total. The van der Waals surface area contributed by atoms with Crippen LogP contribution in [-0.2, 0) is 0 Å². The minimum absolute atomic E-state index is 0.270. The topological polar surface area (TPSA) is 29.3 Å². The van der Waals surface area contributed by atoms with E-state index < -0.39 is 0 Å². The molecule has 0 radical (unpaired) electrons. The fraction of sp³-hybridized carbons (Fsp3) is 1.00. The first-order valence-electron chi connectivity index (χ1n) is 5.99. The molecule has 0 amide bonds. The second kappa shape index (κ2) is 4.63. The summed E-state index contributed by atoms with van der Waals surface area (Å²) < 4.78 is 0. The molecule has 3 atom stereocenters. The molecule has 84 valence electrons. The summed E-state index contributed by atoms with van der Waals surface area (Å²) in [5.41, 5.74) is 6.30. The van der Waals surface area contributed by atoms with Crippen molar-refractivity contribution in [3.63, 3.8) is 0 Å². The van der Waals surface area contributed by atoms with Gasteiger partial charge in [-0.2, -0.15) is 0 Å². The molecular weight excluding hydrogens is 172 g/mol. The number of hydrogen-bond acceptors (Lipinski definition) is 2. The van der Waals surface area contributed by atoms with Gasteiger partial charge in [-0.1, -0.05) is 33.6 Å². The highest BCUT2D eigenvalue weighted by Gasteiger charge is 2.42. The molecule has 0 aliphatic heterocycles. The van der Waals surface area contributed by atoms with Crippen molar-refractivity contribution in [1.82, 2.24) is 4.90 Å². The molecule has 2 N–H and O–H groups in total. The molecule has 1 rings (SSSR count). The standard InChI is InChI=1S/C12H26N2/c1-5-14(4)12(9-13)8-6-7-10(2)11(12)3/h10-11H,5-9,13H2,1-4H3. The number of hydrogen-bond donors (Lipinski definition) is 1. The molecule has 0 bridgehead atoms. The molecule has 1 saturated carbocycles. The fourth-order valence-corrected chi connectivity index (χ4v) is 3.03. The summed E-state index contributed by atoms with van der Waals surface area (Å²) >= 11 is 0. The van der Waals surface area contributed by atoms with E-state index in [0.29, 0.717) is 0 Å². The fourth-order valence-electron chi connectivity index (χ4n) is 3.03. The van der Waals surface area contributed by atoms with Gasteiger partial charge in [0.15, 0.2) is 0 Å². The van der Waals surface area contributed by atoms with Crippen molar-refractivity contribution < 1.29 is 0 Å². The van der Waals surface area contributed by atoms with Crippen LogP contribution >= 0.6 is 0 Å². The Bertz CT molecular complexity index is 181. The van der Waals surface area contributed by atoms with Gasteiger partial charge in [-0.25, -0.2) is 0 Å². The van der Waals surface area contributed by atoms with Crippen LogP contribution in [0, 0.1) is 11.8 Å². The van der Waals surface area contributed by atoms with E-state index in [9.17, 15) is 0 Å². The molecule has 1 aliphatic carbocycles. The Morgan fingerprint density at radius 3 is 2.57 bits per heavy atom. The van der Waals surface area contributed by atoms with E-state index >= 15 is 0 Å². The van der Waals surface area contributed by atoms with Gasteiger partial charge in [-0.05, 0) is 31.8 Å². The van der Waals surface area contributed by atoms with Crippen LogP contribution in [0.15, 0.2) is 0 Å². The Morgan fingerprint density at radius 1 is 1.43 bits per heavy atom. The normalized spacial score (nSPS) is 39.0. The van der Waals surface area contributed by atoms with E-state index in [1.54, 1.807) is 0 Å². The molecule has 3 unspecified atom stereocenters. The lowest BCUT2D eigenvalue weighted by Gasteiger charge is -2.50. The van der Waals surface area contributed by atoms with Crippen LogP contribution in [0.1, 0.15) is 40.0 Å². The van der Waals surface area contributed by atoms with Crippen molar-refractivity contribution >= 4 is 0 Å². The molecule has 0 heterocycles. The highest BCUT2D eigenvalue weighted by atomic mass is 15.2. The SMILES string of the molecule is CCN(C)C1(CN)CCCC(C)C1C. The number of rotatable bonds is 3. The molecule has 0 aromatic carbocycles. The van der Waals surface area contributed by atoms with Crippen LogP contribution in [-0.4, -0.2) is 30.6 Å². The van der Waals surface area contributed by atoms with Crippen molar-refractivity contribution in [2.75, 3.05) is 20.1 Å². The maximum Gasteiger partial charge on any atom is 0.0356 e. The second-order valence-electron chi connectivity index (χ2n) is 4.98. The minimum atomic E-state index is 0.270. The van der Waals surface area contributed by atoms with Gasteiger partial charge < -0.3 is 5.73 Å². The molecule has 14 heavy (non-hydrogen) atoms. The van der Waals surface area contributed by atoms with Crippen LogP contribution in [0.2, 0.25) is 0 Å². The Hall–Kier alpha value is -0.0800. The van der Waals surface area contributed by atoms with E-state index in [1.807, 2.05) is 0 Å². The van der Waals surface area contributed by atoms with Crippen molar-refractivity contribution in [3.8, 4) is 0 Å². The number of nitrogens with zero attached hydrogens (tertiary/aromatic N) is 1. The van der Waals surface area contributed by atoms with Crippen molar-refractivity contribution in [2.24, 2.45) is 17.6 Å². The lowest BCUT2D eigenvalue weighted by atomic mass is 9.67. The molecule has 2 heteroatoms. The molecule has 0 aromatic rings. The highest BCUT2D eigenvalue weighted by Crippen LogP contribution is 2.40. The van der Waals surface area contributed by atoms with Gasteiger partial charge >= 0.3 is 0 Å². The van der Waals surface area contributed by atoms with Crippen LogP contribution in [0.25, 0.3) is 0 Å². The van der Waals surface area contributed by atoms with Gasteiger partial charge in [0.25, 0.3) is 0 Å². The maximum atomic E-state index is 6.03. The Kier molecular flexibility index (Phi) is 3.96. The zero-order valence-electron chi connectivity index (χ0n) is 10.2. The third-order valence-corrected chi connectivity index (χ3v) is 4.56. The van der Waals surface area contributed by atoms with Crippen molar-refractivity contribution in [1.29, 1.82) is 0 Å². The Morgan fingerprint density at radius 2 is 2.07 bits per heavy atom. The molecule has 1 aliphatic rings. The lowest BCUT2D eigenvalue weighted by molar-refractivity contribution is 0.00995. The summed E-state index contributed by atoms with van der Waals surface area (Å²) in [5, 5.41) is 0. The van der Waals surface area contributed by atoms with E-state index in [4.69, 9.17) is 5.73 Å². The van der Waals surface area contributed by atoms with E-state index in [1.165, 1.54) is 19.3 Å². The van der Waals surface area contributed by atoms with Crippen molar-refractivity contribution in [2.45, 2.75) is 45.6 Å². The smallest absolute Gasteiger partial charge is 0.0356 e. The average Bonchev–Trinajstić information content (AvgIpc) is 2.21. The Balaban J connectivity index is 2.84. The molecular formula is C12H26N2. The van der Waals surface area contributed by atoms with E-state index in [0.717, 1.165) is 24.9 Å². The first-order chi connectivity index (χ1) is 6.58. The lowest BCUT2D eigenvalue weighted by Crippen LogP contribution is -2.59. The molecule has 1 fully saturated rings. The summed E-state index contributed by atoms with van der Waals surface area (Å²) in [6.07, 6.45) is 3.99. The minimum Gasteiger partial charge on any atom is -0.329 e. The average molecular weight is 198 g/mol. The third-order valence-electron chi connectivity index (χ3n) is 4.56. The van der Waals surface area contributed by atoms with Gasteiger partial charge in [-0.15, -0.1) is 0 Å². The van der Waals surface area contributed by atoms with Gasteiger partial charge in [0.2, 0.25) is 0 Å². The van der Waals surface area contributed by atoms with Gasteiger partial charge in [0.1, 0.15) is 0 Å². The van der Waals surface area contributed by atoms with Crippen LogP contribution in [0.4, 0.5) is 0 Å². The van der Waals surface area contributed by atoms with E-state index in [2.05, 4.69) is 32.7 Å². The predicted octanol–water partition coefficient (Wildman–Crippen LogP) is 2.09. The van der Waals surface area contributed by atoms with Crippen LogP contribution < -0.4 is 5.73 Å². The monoisotopic (exact) mass is 198 g/mol. The molecule has 0 aromatic heterocycles. The molecule has 0 saturated heterocycles. The van der Waals surface area contributed by atoms with Crippen molar-refractivity contribution in [3.05, 3.63) is 0 Å². The first kappa shape index (κ1) is 12.0. The first-order valence-corrected chi connectivity index (χ1v) is 5.99. The quantitative estimate of drug-likeness (QED) is 0.752. The maximum absolute atomic E-state index is 6.03. The summed E-state index contributed by atoms with van der Waals surface area (Å²) in [4.78, 5) is 2.47. The second-order valence-corrected chi connectivity index (χ2v) is 4.98. The third kappa shape index (κ3) is 1.82. The predicted molar refractivity (Wildman–Crippen MR) is 62.3 cm³/mol. The number of likely N-dealkylation sites (N-methyl/N-ethyl adjacent to an activating group) is 1. The van der Waals surface area contributed by atoms with Crippen LogP contribution in [0.3, 0.4) is 0 Å². The largest absolute Gasteiger partial charge is 0.329 e. The van der Waals surface area contributed by atoms with E-state index in [-0.39, 0.29) is 5.54 Å².